The molecule has 0 aromatic heterocycles. The van der Waals surface area contributed by atoms with E-state index < -0.39 is 6.10 Å². The summed E-state index contributed by atoms with van der Waals surface area (Å²) in [6, 6.07) is 6.75. The summed E-state index contributed by atoms with van der Waals surface area (Å²) in [6.07, 6.45) is 11.4. The number of nitrogens with zero attached hydrogens (tertiary/aromatic N) is 1. The molecule has 1 saturated carbocycles. The molecule has 2 fully saturated rings. The molecular weight excluding hydrogens is 352 g/mol. The molecule has 0 unspecified atom stereocenters. The molecule has 0 radical (unpaired) electrons. The predicted molar refractivity (Wildman–Crippen MR) is 113 cm³/mol. The summed E-state index contributed by atoms with van der Waals surface area (Å²) in [5, 5.41) is 14.0. The van der Waals surface area contributed by atoms with Gasteiger partial charge < -0.3 is 24.8 Å². The van der Waals surface area contributed by atoms with Crippen molar-refractivity contribution in [2.75, 3.05) is 33.4 Å². The minimum absolute atomic E-state index is 0.298. The Morgan fingerprint density at radius 1 is 1.04 bits per heavy atom. The highest BCUT2D eigenvalue weighted by Crippen LogP contribution is 2.28. The van der Waals surface area contributed by atoms with Gasteiger partial charge in [-0.15, -0.1) is 0 Å². The number of aliphatic hydroxyl groups excluding tert-OH is 1. The zero-order chi connectivity index (χ0) is 19.6. The van der Waals surface area contributed by atoms with Crippen LogP contribution in [-0.4, -0.2) is 55.5 Å². The molecule has 1 aromatic carbocycles. The van der Waals surface area contributed by atoms with Crippen molar-refractivity contribution >= 4 is 0 Å². The van der Waals surface area contributed by atoms with Crippen LogP contribution < -0.4 is 14.8 Å². The third-order valence-electron chi connectivity index (χ3n) is 6.03. The number of hydrogen-bond donors (Lipinski definition) is 2. The van der Waals surface area contributed by atoms with Gasteiger partial charge in [-0.2, -0.15) is 0 Å². The lowest BCUT2D eigenvalue weighted by molar-refractivity contribution is 0.0747. The highest BCUT2D eigenvalue weighted by molar-refractivity contribution is 5.43. The topological polar surface area (TPSA) is 54.0 Å². The Morgan fingerprint density at radius 2 is 1.75 bits per heavy atom. The zero-order valence-corrected chi connectivity index (χ0v) is 17.5. The maximum absolute atomic E-state index is 10.2. The maximum atomic E-state index is 10.2. The molecule has 2 N–H and O–H groups in total. The van der Waals surface area contributed by atoms with Crippen molar-refractivity contribution in [1.29, 1.82) is 0 Å². The average Bonchev–Trinajstić information content (AvgIpc) is 3.18. The largest absolute Gasteiger partial charge is 0.493 e. The van der Waals surface area contributed by atoms with Gasteiger partial charge in [0.25, 0.3) is 0 Å². The number of hydrogen-bond acceptors (Lipinski definition) is 5. The van der Waals surface area contributed by atoms with Crippen molar-refractivity contribution in [2.45, 2.75) is 76.5 Å². The number of methoxy groups -OCH3 is 1. The summed E-state index contributed by atoms with van der Waals surface area (Å²) < 4.78 is 11.4. The van der Waals surface area contributed by atoms with Crippen LogP contribution in [0.15, 0.2) is 18.2 Å². The Hall–Kier alpha value is -1.30. The van der Waals surface area contributed by atoms with Gasteiger partial charge in [0.05, 0.1) is 7.11 Å². The summed E-state index contributed by atoms with van der Waals surface area (Å²) in [4.78, 5) is 2.30. The molecular formula is C23H38N2O3. The lowest BCUT2D eigenvalue weighted by atomic mass is 9.96. The van der Waals surface area contributed by atoms with E-state index in [2.05, 4.69) is 22.3 Å². The molecule has 1 aliphatic carbocycles. The first kappa shape index (κ1) is 21.4. The van der Waals surface area contributed by atoms with Gasteiger partial charge in [0.2, 0.25) is 0 Å². The van der Waals surface area contributed by atoms with E-state index in [-0.39, 0.29) is 0 Å². The first-order valence-electron chi connectivity index (χ1n) is 11.2. The SMILES string of the molecule is COc1cc(CNC2CCCCCCC2)ccc1OC[C@@H](O)CN1CCCC1. The lowest BCUT2D eigenvalue weighted by Crippen LogP contribution is -2.33. The lowest BCUT2D eigenvalue weighted by Gasteiger charge is -2.22. The summed E-state index contributed by atoms with van der Waals surface area (Å²) in [5.41, 5.74) is 1.21. The third kappa shape index (κ3) is 6.94. The summed E-state index contributed by atoms with van der Waals surface area (Å²) in [7, 11) is 1.68. The molecule has 28 heavy (non-hydrogen) atoms. The number of ether oxygens (including phenoxy) is 2. The number of aliphatic hydroxyl groups is 1. The highest BCUT2D eigenvalue weighted by atomic mass is 16.5. The molecule has 1 atom stereocenters. The third-order valence-corrected chi connectivity index (χ3v) is 6.03. The van der Waals surface area contributed by atoms with Crippen LogP contribution in [0.2, 0.25) is 0 Å². The van der Waals surface area contributed by atoms with E-state index in [4.69, 9.17) is 9.47 Å². The van der Waals surface area contributed by atoms with E-state index in [1.807, 2.05) is 6.07 Å². The molecule has 1 saturated heterocycles. The molecule has 0 spiro atoms. The monoisotopic (exact) mass is 390 g/mol. The van der Waals surface area contributed by atoms with Crippen molar-refractivity contribution < 1.29 is 14.6 Å². The molecule has 158 valence electrons. The highest BCUT2D eigenvalue weighted by Gasteiger charge is 2.17. The molecule has 1 heterocycles. The van der Waals surface area contributed by atoms with Crippen LogP contribution in [0.1, 0.15) is 63.4 Å². The zero-order valence-electron chi connectivity index (χ0n) is 17.5. The van der Waals surface area contributed by atoms with Crippen LogP contribution in [0.5, 0.6) is 11.5 Å². The smallest absolute Gasteiger partial charge is 0.161 e. The molecule has 5 nitrogen and oxygen atoms in total. The Bertz CT molecular complexity index is 567. The Kier molecular flexibility index (Phi) is 8.90. The Labute approximate surface area is 170 Å². The van der Waals surface area contributed by atoms with E-state index in [1.165, 1.54) is 63.4 Å². The van der Waals surface area contributed by atoms with E-state index in [0.29, 0.717) is 24.9 Å². The number of β-amino-alcohol motifs (C(OH)–C–C–N with tert-alkyl or cyclic N) is 1. The van der Waals surface area contributed by atoms with Gasteiger partial charge in [-0.3, -0.25) is 0 Å². The number of nitrogens with one attached hydrogen (secondary N) is 1. The summed E-state index contributed by atoms with van der Waals surface area (Å²) in [5.74, 6) is 1.45. The van der Waals surface area contributed by atoms with E-state index in [1.54, 1.807) is 7.11 Å². The Balaban J connectivity index is 1.47. The molecule has 3 rings (SSSR count). The molecule has 1 aromatic rings. The minimum Gasteiger partial charge on any atom is -0.493 e. The van der Waals surface area contributed by atoms with Crippen LogP contribution in [-0.2, 0) is 6.54 Å². The normalized spacial score (nSPS) is 20.5. The number of rotatable bonds is 9. The van der Waals surface area contributed by atoms with Crippen molar-refractivity contribution in [2.24, 2.45) is 0 Å². The van der Waals surface area contributed by atoms with Crippen molar-refractivity contribution in [3.8, 4) is 11.5 Å². The van der Waals surface area contributed by atoms with Gasteiger partial charge in [0.15, 0.2) is 11.5 Å². The van der Waals surface area contributed by atoms with Gasteiger partial charge in [-0.1, -0.05) is 38.2 Å². The van der Waals surface area contributed by atoms with Gasteiger partial charge in [0.1, 0.15) is 12.7 Å². The molecule has 2 aliphatic rings. The first-order valence-corrected chi connectivity index (χ1v) is 11.2. The average molecular weight is 391 g/mol. The van der Waals surface area contributed by atoms with Crippen LogP contribution in [0, 0.1) is 0 Å². The molecule has 1 aliphatic heterocycles. The molecule has 0 amide bonds. The second-order valence-electron chi connectivity index (χ2n) is 8.38. The van der Waals surface area contributed by atoms with Crippen LogP contribution >= 0.6 is 0 Å². The van der Waals surface area contributed by atoms with E-state index >= 15 is 0 Å². The number of benzene rings is 1. The fourth-order valence-electron chi connectivity index (χ4n) is 4.37. The predicted octanol–water partition coefficient (Wildman–Crippen LogP) is 3.73. The van der Waals surface area contributed by atoms with Gasteiger partial charge in [-0.05, 0) is 56.5 Å². The van der Waals surface area contributed by atoms with E-state index in [0.717, 1.165) is 25.4 Å². The second kappa shape index (κ2) is 11.6. The van der Waals surface area contributed by atoms with Crippen molar-refractivity contribution in [1.82, 2.24) is 10.2 Å². The first-order chi connectivity index (χ1) is 13.7. The minimum atomic E-state index is -0.469. The summed E-state index contributed by atoms with van der Waals surface area (Å²) in [6.45, 7) is 4.02. The fourth-order valence-corrected chi connectivity index (χ4v) is 4.37. The van der Waals surface area contributed by atoms with Crippen LogP contribution in [0.4, 0.5) is 0 Å². The van der Waals surface area contributed by atoms with Gasteiger partial charge in [0, 0.05) is 19.1 Å². The van der Waals surface area contributed by atoms with Crippen molar-refractivity contribution in [3.63, 3.8) is 0 Å². The van der Waals surface area contributed by atoms with Gasteiger partial charge >= 0.3 is 0 Å². The quantitative estimate of drug-likeness (QED) is 0.673. The second-order valence-corrected chi connectivity index (χ2v) is 8.38. The van der Waals surface area contributed by atoms with E-state index in [9.17, 15) is 5.11 Å². The van der Waals surface area contributed by atoms with Crippen LogP contribution in [0.25, 0.3) is 0 Å². The standard InChI is InChI=1S/C23H38N2O3/c1-27-23-15-19(16-24-20-9-5-3-2-4-6-10-20)11-12-22(23)28-18-21(26)17-25-13-7-8-14-25/h11-12,15,20-21,24,26H,2-10,13-14,16-18H2,1H3/t21-/m0/s1. The van der Waals surface area contributed by atoms with Crippen molar-refractivity contribution in [3.05, 3.63) is 23.8 Å². The fraction of sp³-hybridized carbons (Fsp3) is 0.739. The number of likely N-dealkylation sites (tertiary alicyclic amines) is 1. The molecule has 0 bridgehead atoms. The Morgan fingerprint density at radius 3 is 2.46 bits per heavy atom. The van der Waals surface area contributed by atoms with Crippen LogP contribution in [0.3, 0.4) is 0 Å². The molecule has 5 heteroatoms. The summed E-state index contributed by atoms with van der Waals surface area (Å²) >= 11 is 0. The van der Waals surface area contributed by atoms with Gasteiger partial charge in [-0.25, -0.2) is 0 Å². The maximum Gasteiger partial charge on any atom is 0.161 e.